The number of carbonyl (C=O) groups excluding carboxylic acids is 1. The summed E-state index contributed by atoms with van der Waals surface area (Å²) in [6, 6.07) is 24.0. The Morgan fingerprint density at radius 3 is 2.27 bits per heavy atom. The predicted molar refractivity (Wildman–Crippen MR) is 131 cm³/mol. The van der Waals surface area contributed by atoms with E-state index >= 15 is 0 Å². The topological polar surface area (TPSA) is 60.2 Å². The van der Waals surface area contributed by atoms with Gasteiger partial charge in [-0.05, 0) is 18.2 Å². The van der Waals surface area contributed by atoms with Crippen LogP contribution in [-0.2, 0) is 11.3 Å². The molecule has 164 valence electrons. The zero-order valence-corrected chi connectivity index (χ0v) is 19.3. The van der Waals surface area contributed by atoms with Crippen LogP contribution in [0.4, 0.5) is 5.13 Å². The van der Waals surface area contributed by atoms with Crippen LogP contribution in [0.5, 0.6) is 5.75 Å². The SMILES string of the molecule is COc1ccccc1C1C(Cl)C(=O)N1c1nnc(Cn2c3ccccc3c3ccccc32)s1. The number of nitrogens with zero attached hydrogens (tertiary/aromatic N) is 4. The Morgan fingerprint density at radius 2 is 1.58 bits per heavy atom. The molecule has 0 radical (unpaired) electrons. The lowest BCUT2D eigenvalue weighted by atomic mass is 9.93. The molecule has 0 spiro atoms. The minimum absolute atomic E-state index is 0.174. The Morgan fingerprint density at radius 1 is 0.939 bits per heavy atom. The zero-order valence-electron chi connectivity index (χ0n) is 17.7. The third-order valence-electron chi connectivity index (χ3n) is 6.12. The minimum Gasteiger partial charge on any atom is -0.496 e. The number of aromatic nitrogens is 3. The smallest absolute Gasteiger partial charge is 0.250 e. The second-order valence-electron chi connectivity index (χ2n) is 7.90. The Hall–Kier alpha value is -3.42. The molecule has 3 heterocycles. The van der Waals surface area contributed by atoms with Crippen molar-refractivity contribution in [3.8, 4) is 5.75 Å². The van der Waals surface area contributed by atoms with E-state index in [1.165, 1.54) is 22.1 Å². The van der Waals surface area contributed by atoms with Gasteiger partial charge in [0.2, 0.25) is 11.0 Å². The summed E-state index contributed by atoms with van der Waals surface area (Å²) in [5.74, 6) is 0.521. The summed E-state index contributed by atoms with van der Waals surface area (Å²) >= 11 is 7.84. The van der Waals surface area contributed by atoms with Gasteiger partial charge < -0.3 is 9.30 Å². The summed E-state index contributed by atoms with van der Waals surface area (Å²) in [5.41, 5.74) is 3.14. The van der Waals surface area contributed by atoms with Crippen molar-refractivity contribution in [1.29, 1.82) is 0 Å². The number of fused-ring (bicyclic) bond motifs is 3. The Kier molecular flexibility index (Phi) is 4.81. The van der Waals surface area contributed by atoms with Gasteiger partial charge in [0, 0.05) is 27.4 Å². The van der Waals surface area contributed by atoms with Crippen LogP contribution in [0.3, 0.4) is 0 Å². The van der Waals surface area contributed by atoms with Crippen LogP contribution in [0, 0.1) is 0 Å². The van der Waals surface area contributed by atoms with Gasteiger partial charge in [0.05, 0.1) is 19.7 Å². The molecule has 2 unspecified atom stereocenters. The summed E-state index contributed by atoms with van der Waals surface area (Å²) in [5, 5.41) is 11.9. The van der Waals surface area contributed by atoms with E-state index in [0.29, 0.717) is 17.4 Å². The highest BCUT2D eigenvalue weighted by atomic mass is 35.5. The van der Waals surface area contributed by atoms with E-state index in [1.54, 1.807) is 12.0 Å². The molecule has 1 aliphatic rings. The number of methoxy groups -OCH3 is 1. The first kappa shape index (κ1) is 20.2. The number of rotatable bonds is 5. The number of anilines is 1. The number of amides is 1. The van der Waals surface area contributed by atoms with Crippen molar-refractivity contribution in [2.45, 2.75) is 18.0 Å². The molecule has 6 nitrogen and oxygen atoms in total. The van der Waals surface area contributed by atoms with Crippen LogP contribution in [-0.4, -0.2) is 33.2 Å². The highest BCUT2D eigenvalue weighted by Gasteiger charge is 2.50. The second kappa shape index (κ2) is 7.86. The predicted octanol–water partition coefficient (Wildman–Crippen LogP) is 5.40. The summed E-state index contributed by atoms with van der Waals surface area (Å²) in [6.45, 7) is 0.567. The van der Waals surface area contributed by atoms with Crippen molar-refractivity contribution in [2.75, 3.05) is 12.0 Å². The minimum atomic E-state index is -0.661. The fourth-order valence-electron chi connectivity index (χ4n) is 4.59. The quantitative estimate of drug-likeness (QED) is 0.253. The number of hydrogen-bond acceptors (Lipinski definition) is 5. The molecule has 0 N–H and O–H groups in total. The lowest BCUT2D eigenvalue weighted by molar-refractivity contribution is -0.123. The molecule has 1 fully saturated rings. The Bertz CT molecular complexity index is 1460. The van der Waals surface area contributed by atoms with Crippen molar-refractivity contribution in [3.05, 3.63) is 83.4 Å². The molecular formula is C25H19ClN4O2S. The monoisotopic (exact) mass is 474 g/mol. The van der Waals surface area contributed by atoms with Gasteiger partial charge in [0.25, 0.3) is 0 Å². The zero-order chi connectivity index (χ0) is 22.5. The van der Waals surface area contributed by atoms with E-state index in [2.05, 4.69) is 51.2 Å². The van der Waals surface area contributed by atoms with E-state index < -0.39 is 5.38 Å². The molecule has 33 heavy (non-hydrogen) atoms. The van der Waals surface area contributed by atoms with Crippen LogP contribution in [0.25, 0.3) is 21.8 Å². The molecule has 2 atom stereocenters. The number of ether oxygens (including phenoxy) is 1. The first-order valence-electron chi connectivity index (χ1n) is 10.6. The highest BCUT2D eigenvalue weighted by molar-refractivity contribution is 7.15. The van der Waals surface area contributed by atoms with E-state index in [-0.39, 0.29) is 11.9 Å². The maximum Gasteiger partial charge on any atom is 0.250 e. The number of carbonyl (C=O) groups is 1. The average Bonchev–Trinajstić information content (AvgIpc) is 3.45. The first-order valence-corrected chi connectivity index (χ1v) is 11.8. The van der Waals surface area contributed by atoms with Gasteiger partial charge in [0.1, 0.15) is 16.1 Å². The third kappa shape index (κ3) is 3.11. The van der Waals surface area contributed by atoms with Crippen LogP contribution >= 0.6 is 22.9 Å². The summed E-state index contributed by atoms with van der Waals surface area (Å²) in [6.07, 6.45) is 0. The maximum absolute atomic E-state index is 12.7. The van der Waals surface area contributed by atoms with Gasteiger partial charge in [-0.2, -0.15) is 0 Å². The largest absolute Gasteiger partial charge is 0.496 e. The van der Waals surface area contributed by atoms with Crippen LogP contribution in [0.15, 0.2) is 72.8 Å². The Balaban J connectivity index is 1.36. The molecule has 0 aliphatic carbocycles. The van der Waals surface area contributed by atoms with Crippen molar-refractivity contribution in [3.63, 3.8) is 0 Å². The molecule has 1 saturated heterocycles. The normalized spacial score (nSPS) is 18.1. The number of alkyl halides is 1. The first-order chi connectivity index (χ1) is 16.2. The van der Waals surface area contributed by atoms with Crippen LogP contribution in [0.1, 0.15) is 16.6 Å². The van der Waals surface area contributed by atoms with Crippen molar-refractivity contribution in [2.24, 2.45) is 0 Å². The number of hydrogen-bond donors (Lipinski definition) is 0. The lowest BCUT2D eigenvalue weighted by Gasteiger charge is -2.42. The molecule has 8 heteroatoms. The van der Waals surface area contributed by atoms with Crippen molar-refractivity contribution >= 4 is 55.8 Å². The molecule has 5 aromatic rings. The molecule has 1 aliphatic heterocycles. The molecule has 1 amide bonds. The number of halogens is 1. The van der Waals surface area contributed by atoms with Crippen molar-refractivity contribution < 1.29 is 9.53 Å². The Labute approximate surface area is 199 Å². The molecule has 2 aromatic heterocycles. The van der Waals surface area contributed by atoms with Gasteiger partial charge >= 0.3 is 0 Å². The highest BCUT2D eigenvalue weighted by Crippen LogP contribution is 2.45. The average molecular weight is 475 g/mol. The maximum atomic E-state index is 12.7. The molecule has 0 bridgehead atoms. The number of para-hydroxylation sites is 3. The lowest BCUT2D eigenvalue weighted by Crippen LogP contribution is -2.56. The van der Waals surface area contributed by atoms with Crippen molar-refractivity contribution in [1.82, 2.24) is 14.8 Å². The molecule has 0 saturated carbocycles. The van der Waals surface area contributed by atoms with Gasteiger partial charge in [-0.25, -0.2) is 0 Å². The van der Waals surface area contributed by atoms with Gasteiger partial charge in [-0.3, -0.25) is 9.69 Å². The van der Waals surface area contributed by atoms with Gasteiger partial charge in [-0.15, -0.1) is 21.8 Å². The molecule has 6 rings (SSSR count). The number of benzene rings is 3. The van der Waals surface area contributed by atoms with Crippen LogP contribution < -0.4 is 9.64 Å². The molecular weight excluding hydrogens is 456 g/mol. The fourth-order valence-corrected chi connectivity index (χ4v) is 5.81. The van der Waals surface area contributed by atoms with E-state index in [0.717, 1.165) is 21.6 Å². The fraction of sp³-hybridized carbons (Fsp3) is 0.160. The summed E-state index contributed by atoms with van der Waals surface area (Å²) < 4.78 is 7.74. The van der Waals surface area contributed by atoms with E-state index in [9.17, 15) is 4.79 Å². The van der Waals surface area contributed by atoms with Gasteiger partial charge in [0.15, 0.2) is 0 Å². The standard InChI is InChI=1S/C25H19ClN4O2S/c1-32-20-13-7-4-10-17(20)23-22(26)24(31)30(23)25-28-27-21(33-25)14-29-18-11-5-2-8-15(18)16-9-3-6-12-19(16)29/h2-13,22-23H,14H2,1H3. The van der Waals surface area contributed by atoms with E-state index in [1.807, 2.05) is 36.4 Å². The van der Waals surface area contributed by atoms with E-state index in [4.69, 9.17) is 16.3 Å². The summed E-state index contributed by atoms with van der Waals surface area (Å²) in [4.78, 5) is 14.3. The third-order valence-corrected chi connectivity index (χ3v) is 7.45. The molecule has 3 aromatic carbocycles. The van der Waals surface area contributed by atoms with Crippen LogP contribution in [0.2, 0.25) is 0 Å². The number of β-lactam (4-membered cyclic amide) rings is 1. The summed E-state index contributed by atoms with van der Waals surface area (Å²) in [7, 11) is 1.61. The van der Waals surface area contributed by atoms with Gasteiger partial charge in [-0.1, -0.05) is 65.9 Å². The second-order valence-corrected chi connectivity index (χ2v) is 9.41.